The van der Waals surface area contributed by atoms with Crippen LogP contribution in [0.1, 0.15) is 56.1 Å². The fourth-order valence-corrected chi connectivity index (χ4v) is 2.62. The first kappa shape index (κ1) is 14.9. The van der Waals surface area contributed by atoms with Gasteiger partial charge in [0, 0.05) is 18.8 Å². The minimum atomic E-state index is -0.490. The Labute approximate surface area is 120 Å². The molecule has 20 heavy (non-hydrogen) atoms. The van der Waals surface area contributed by atoms with Crippen molar-refractivity contribution >= 4 is 11.6 Å². The Bertz CT molecular complexity index is 462. The Morgan fingerprint density at radius 2 is 2.15 bits per heavy atom. The highest BCUT2D eigenvalue weighted by molar-refractivity contribution is 5.93. The molecule has 0 aliphatic heterocycles. The smallest absolute Gasteiger partial charge is 0.268 e. The quantitative estimate of drug-likeness (QED) is 0.713. The average molecular weight is 279 g/mol. The van der Waals surface area contributed by atoms with E-state index in [2.05, 4.69) is 19.2 Å². The SMILES string of the molecule is CCC(CC)C(O)CNC(=O)c1cc(N)cn1C1CC1. The van der Waals surface area contributed by atoms with E-state index in [-0.39, 0.29) is 11.8 Å². The number of nitrogens with two attached hydrogens (primary N) is 1. The van der Waals surface area contributed by atoms with Crippen LogP contribution in [-0.2, 0) is 0 Å². The van der Waals surface area contributed by atoms with Gasteiger partial charge < -0.3 is 20.7 Å². The van der Waals surface area contributed by atoms with Crippen LogP contribution in [0.25, 0.3) is 0 Å². The van der Waals surface area contributed by atoms with Gasteiger partial charge in [-0.05, 0) is 24.8 Å². The second-order valence-electron chi connectivity index (χ2n) is 5.65. The fourth-order valence-electron chi connectivity index (χ4n) is 2.62. The number of anilines is 1. The molecule has 2 rings (SSSR count). The van der Waals surface area contributed by atoms with E-state index in [1.54, 1.807) is 6.07 Å². The molecule has 0 radical (unpaired) electrons. The van der Waals surface area contributed by atoms with Gasteiger partial charge in [0.15, 0.2) is 0 Å². The van der Waals surface area contributed by atoms with Crippen molar-refractivity contribution in [3.63, 3.8) is 0 Å². The van der Waals surface area contributed by atoms with Crippen LogP contribution >= 0.6 is 0 Å². The van der Waals surface area contributed by atoms with Crippen LogP contribution in [0.2, 0.25) is 0 Å². The Morgan fingerprint density at radius 1 is 1.50 bits per heavy atom. The van der Waals surface area contributed by atoms with E-state index in [0.717, 1.165) is 25.7 Å². The van der Waals surface area contributed by atoms with Crippen molar-refractivity contribution in [1.29, 1.82) is 0 Å². The average Bonchev–Trinajstić information content (AvgIpc) is 3.20. The molecule has 5 nitrogen and oxygen atoms in total. The molecule has 1 atom stereocenters. The maximum Gasteiger partial charge on any atom is 0.268 e. The second kappa shape index (κ2) is 6.31. The highest BCUT2D eigenvalue weighted by atomic mass is 16.3. The predicted octanol–water partition coefficient (Wildman–Crippen LogP) is 1.93. The highest BCUT2D eigenvalue weighted by Gasteiger charge is 2.28. The number of nitrogens with one attached hydrogen (secondary N) is 1. The molecule has 1 aliphatic carbocycles. The minimum Gasteiger partial charge on any atom is -0.397 e. The zero-order chi connectivity index (χ0) is 14.7. The van der Waals surface area contributed by atoms with Gasteiger partial charge in [0.05, 0.1) is 11.8 Å². The molecule has 1 amide bonds. The summed E-state index contributed by atoms with van der Waals surface area (Å²) in [5, 5.41) is 12.9. The lowest BCUT2D eigenvalue weighted by Crippen LogP contribution is -2.36. The number of aliphatic hydroxyl groups excluding tert-OH is 1. The number of nitrogen functional groups attached to an aromatic ring is 1. The van der Waals surface area contributed by atoms with Crippen molar-refractivity contribution in [1.82, 2.24) is 9.88 Å². The number of aliphatic hydroxyl groups is 1. The molecule has 0 aromatic carbocycles. The van der Waals surface area contributed by atoms with E-state index in [9.17, 15) is 9.90 Å². The summed E-state index contributed by atoms with van der Waals surface area (Å²) in [6.45, 7) is 4.40. The fraction of sp³-hybridized carbons (Fsp3) is 0.667. The summed E-state index contributed by atoms with van der Waals surface area (Å²) < 4.78 is 1.95. The molecular weight excluding hydrogens is 254 g/mol. The third-order valence-corrected chi connectivity index (χ3v) is 4.11. The van der Waals surface area contributed by atoms with Crippen LogP contribution in [0.5, 0.6) is 0 Å². The Kier molecular flexibility index (Phi) is 4.70. The molecule has 1 aromatic rings. The Morgan fingerprint density at radius 3 is 2.70 bits per heavy atom. The van der Waals surface area contributed by atoms with Crippen molar-refractivity contribution < 1.29 is 9.90 Å². The van der Waals surface area contributed by atoms with Gasteiger partial charge in [-0.25, -0.2) is 0 Å². The van der Waals surface area contributed by atoms with E-state index in [1.807, 2.05) is 10.8 Å². The lowest BCUT2D eigenvalue weighted by Gasteiger charge is -2.20. The number of hydrogen-bond acceptors (Lipinski definition) is 3. The maximum absolute atomic E-state index is 12.2. The largest absolute Gasteiger partial charge is 0.397 e. The van der Waals surface area contributed by atoms with Gasteiger partial charge in [-0.1, -0.05) is 26.7 Å². The first-order chi connectivity index (χ1) is 9.56. The lowest BCUT2D eigenvalue weighted by molar-refractivity contribution is 0.0809. The summed E-state index contributed by atoms with van der Waals surface area (Å²) in [7, 11) is 0. The van der Waals surface area contributed by atoms with Gasteiger partial charge in [0.2, 0.25) is 0 Å². The molecule has 5 heteroatoms. The molecule has 0 saturated heterocycles. The van der Waals surface area contributed by atoms with Crippen LogP contribution in [0.4, 0.5) is 5.69 Å². The normalized spacial score (nSPS) is 16.4. The van der Waals surface area contributed by atoms with E-state index in [0.29, 0.717) is 24.0 Å². The van der Waals surface area contributed by atoms with Crippen LogP contribution in [0.15, 0.2) is 12.3 Å². The molecule has 0 spiro atoms. The second-order valence-corrected chi connectivity index (χ2v) is 5.65. The molecule has 0 bridgehead atoms. The summed E-state index contributed by atoms with van der Waals surface area (Å²) in [6, 6.07) is 2.12. The summed E-state index contributed by atoms with van der Waals surface area (Å²) in [6.07, 6.45) is 5.37. The summed E-state index contributed by atoms with van der Waals surface area (Å²) >= 11 is 0. The van der Waals surface area contributed by atoms with Crippen molar-refractivity contribution in [2.24, 2.45) is 5.92 Å². The van der Waals surface area contributed by atoms with Gasteiger partial charge in [0.25, 0.3) is 5.91 Å². The van der Waals surface area contributed by atoms with Crippen LogP contribution in [0.3, 0.4) is 0 Å². The molecule has 1 aliphatic rings. The molecule has 1 heterocycles. The molecule has 1 fully saturated rings. The number of rotatable bonds is 7. The summed E-state index contributed by atoms with van der Waals surface area (Å²) in [5.41, 5.74) is 6.99. The first-order valence-corrected chi connectivity index (χ1v) is 7.50. The number of nitrogens with zero attached hydrogens (tertiary/aromatic N) is 1. The van der Waals surface area contributed by atoms with Gasteiger partial charge in [0.1, 0.15) is 5.69 Å². The molecule has 4 N–H and O–H groups in total. The summed E-state index contributed by atoms with van der Waals surface area (Å²) in [4.78, 5) is 12.2. The molecule has 1 saturated carbocycles. The van der Waals surface area contributed by atoms with Crippen LogP contribution in [-0.4, -0.2) is 28.2 Å². The van der Waals surface area contributed by atoms with Crippen molar-refractivity contribution in [2.45, 2.75) is 51.7 Å². The van der Waals surface area contributed by atoms with Gasteiger partial charge in [-0.3, -0.25) is 4.79 Å². The zero-order valence-corrected chi connectivity index (χ0v) is 12.3. The van der Waals surface area contributed by atoms with Crippen molar-refractivity contribution in [3.05, 3.63) is 18.0 Å². The van der Waals surface area contributed by atoms with E-state index in [1.165, 1.54) is 0 Å². The number of amides is 1. The number of hydrogen-bond donors (Lipinski definition) is 3. The van der Waals surface area contributed by atoms with Gasteiger partial charge >= 0.3 is 0 Å². The molecule has 1 aromatic heterocycles. The minimum absolute atomic E-state index is 0.154. The maximum atomic E-state index is 12.2. The Hall–Kier alpha value is -1.49. The van der Waals surface area contributed by atoms with Crippen LogP contribution in [0, 0.1) is 5.92 Å². The number of carbonyl (C=O) groups excluding carboxylic acids is 1. The molecular formula is C15H25N3O2. The topological polar surface area (TPSA) is 80.3 Å². The molecule has 112 valence electrons. The van der Waals surface area contributed by atoms with E-state index >= 15 is 0 Å². The van der Waals surface area contributed by atoms with Crippen LogP contribution < -0.4 is 11.1 Å². The zero-order valence-electron chi connectivity index (χ0n) is 12.3. The predicted molar refractivity (Wildman–Crippen MR) is 79.5 cm³/mol. The van der Waals surface area contributed by atoms with Crippen molar-refractivity contribution in [2.75, 3.05) is 12.3 Å². The summed E-state index contributed by atoms with van der Waals surface area (Å²) in [5.74, 6) is 0.0780. The Balaban J connectivity index is 1.95. The standard InChI is InChI=1S/C15H25N3O2/c1-3-10(4-2)14(19)8-17-15(20)13-7-11(16)9-18(13)12-5-6-12/h7,9-10,12,14,19H,3-6,8,16H2,1-2H3,(H,17,20). The number of carbonyl (C=O) groups is 1. The highest BCUT2D eigenvalue weighted by Crippen LogP contribution is 2.37. The molecule has 1 unspecified atom stereocenters. The van der Waals surface area contributed by atoms with E-state index < -0.39 is 6.10 Å². The van der Waals surface area contributed by atoms with E-state index in [4.69, 9.17) is 5.73 Å². The van der Waals surface area contributed by atoms with Gasteiger partial charge in [-0.15, -0.1) is 0 Å². The van der Waals surface area contributed by atoms with Gasteiger partial charge in [-0.2, -0.15) is 0 Å². The number of aromatic nitrogens is 1. The third kappa shape index (κ3) is 3.33. The lowest BCUT2D eigenvalue weighted by atomic mass is 9.96. The third-order valence-electron chi connectivity index (χ3n) is 4.11. The van der Waals surface area contributed by atoms with Crippen molar-refractivity contribution in [3.8, 4) is 0 Å². The first-order valence-electron chi connectivity index (χ1n) is 7.50. The monoisotopic (exact) mass is 279 g/mol.